The molecule has 0 aliphatic heterocycles. The largest absolute Gasteiger partial charge is 0.389 e. The number of rotatable bonds is 4. The van der Waals surface area contributed by atoms with Crippen LogP contribution in [0.15, 0.2) is 0 Å². The fourth-order valence-electron chi connectivity index (χ4n) is 0.422. The molecule has 0 spiro atoms. The molecule has 0 radical (unpaired) electrons. The molecule has 0 aliphatic carbocycles. The van der Waals surface area contributed by atoms with Gasteiger partial charge >= 0.3 is 18.5 Å². The average Bonchev–Trinajstić information content (AvgIpc) is 2.14. The van der Waals surface area contributed by atoms with E-state index in [1.165, 1.54) is 0 Å². The van der Waals surface area contributed by atoms with Crippen LogP contribution in [0.3, 0.4) is 0 Å². The van der Waals surface area contributed by atoms with Crippen LogP contribution >= 0.6 is 0 Å². The van der Waals surface area contributed by atoms with Crippen LogP contribution in [0.5, 0.6) is 0 Å². The van der Waals surface area contributed by atoms with Gasteiger partial charge in [0, 0.05) is 12.8 Å². The van der Waals surface area contributed by atoms with Gasteiger partial charge in [0.15, 0.2) is 0 Å². The van der Waals surface area contributed by atoms with Crippen molar-refractivity contribution in [2.45, 2.75) is 44.7 Å². The lowest BCUT2D eigenvalue weighted by molar-refractivity contribution is -0.136. The molecule has 0 nitrogen and oxygen atoms in total. The minimum Gasteiger partial charge on any atom is -0.251 e. The zero-order chi connectivity index (χ0) is 13.4. The van der Waals surface area contributed by atoms with Crippen LogP contribution in [-0.4, -0.2) is 25.2 Å². The summed E-state index contributed by atoms with van der Waals surface area (Å²) in [7, 11) is 0. The molecule has 0 aromatic carbocycles. The van der Waals surface area contributed by atoms with E-state index in [4.69, 9.17) is 0 Å². The van der Waals surface area contributed by atoms with E-state index in [1.807, 2.05) is 0 Å². The molecule has 0 aromatic rings. The summed E-state index contributed by atoms with van der Waals surface area (Å²) >= 11 is 0. The fraction of sp³-hybridized carbons (Fsp3) is 1.00. The molecule has 0 saturated heterocycles. The smallest absolute Gasteiger partial charge is 0.251 e. The number of hydrogen-bond donors (Lipinski definition) is 0. The van der Waals surface area contributed by atoms with Crippen molar-refractivity contribution in [3.8, 4) is 0 Å². The Hall–Kier alpha value is -0.560. The molecule has 0 aliphatic rings. The molecule has 0 N–H and O–H groups in total. The molecule has 8 heteroatoms. The van der Waals surface area contributed by atoms with Gasteiger partial charge in [0.1, 0.15) is 0 Å². The van der Waals surface area contributed by atoms with E-state index in [0.717, 1.165) is 6.92 Å². The maximum absolute atomic E-state index is 11.5. The minimum atomic E-state index is -4.19. The maximum Gasteiger partial charge on any atom is 0.389 e. The third-order valence-corrected chi connectivity index (χ3v) is 1.38. The van der Waals surface area contributed by atoms with Crippen molar-refractivity contribution in [1.29, 1.82) is 0 Å². The first-order valence-electron chi connectivity index (χ1n) is 4.35. The van der Waals surface area contributed by atoms with E-state index in [-0.39, 0.29) is 0 Å². The Morgan fingerprint density at radius 1 is 1.00 bits per heavy atom. The Morgan fingerprint density at radius 3 is 1.50 bits per heavy atom. The lowest BCUT2D eigenvalue weighted by Gasteiger charge is -2.10. The summed E-state index contributed by atoms with van der Waals surface area (Å²) in [5, 5.41) is 0. The van der Waals surface area contributed by atoms with Crippen LogP contribution < -0.4 is 0 Å². The molecular formula is C8H12F8. The SMILES string of the molecule is CCC(F)(F)C(F)F.FCCCC(F)(F)F. The zero-order valence-corrected chi connectivity index (χ0v) is 8.43. The topological polar surface area (TPSA) is 0 Å². The van der Waals surface area contributed by atoms with E-state index in [2.05, 4.69) is 0 Å². The minimum absolute atomic E-state index is 0.413. The van der Waals surface area contributed by atoms with Gasteiger partial charge in [-0.1, -0.05) is 6.92 Å². The highest BCUT2D eigenvalue weighted by Crippen LogP contribution is 2.25. The monoisotopic (exact) mass is 260 g/mol. The second-order valence-corrected chi connectivity index (χ2v) is 2.82. The summed E-state index contributed by atoms with van der Waals surface area (Å²) in [6, 6.07) is 0. The normalized spacial score (nSPS) is 12.4. The van der Waals surface area contributed by atoms with Crippen molar-refractivity contribution in [3.05, 3.63) is 0 Å². The molecule has 0 aromatic heterocycles. The van der Waals surface area contributed by atoms with Crippen molar-refractivity contribution in [2.75, 3.05) is 6.67 Å². The predicted octanol–water partition coefficient (Wildman–Crippen LogP) is 4.60. The van der Waals surface area contributed by atoms with Crippen LogP contribution in [0.4, 0.5) is 35.1 Å². The van der Waals surface area contributed by atoms with Gasteiger partial charge in [0.2, 0.25) is 0 Å². The van der Waals surface area contributed by atoms with Crippen molar-refractivity contribution < 1.29 is 35.1 Å². The molecule has 0 unspecified atom stereocenters. The van der Waals surface area contributed by atoms with E-state index in [0.29, 0.717) is 0 Å². The van der Waals surface area contributed by atoms with E-state index in [9.17, 15) is 35.1 Å². The van der Waals surface area contributed by atoms with E-state index in [1.54, 1.807) is 0 Å². The van der Waals surface area contributed by atoms with Crippen LogP contribution in [0.2, 0.25) is 0 Å². The van der Waals surface area contributed by atoms with Crippen LogP contribution in [0.1, 0.15) is 26.2 Å². The molecule has 16 heavy (non-hydrogen) atoms. The van der Waals surface area contributed by atoms with Crippen LogP contribution in [0, 0.1) is 0 Å². The number of halogens is 8. The van der Waals surface area contributed by atoms with Gasteiger partial charge in [-0.2, -0.15) is 13.2 Å². The van der Waals surface area contributed by atoms with Crippen LogP contribution in [0.25, 0.3) is 0 Å². The highest BCUT2D eigenvalue weighted by atomic mass is 19.4. The molecule has 100 valence electrons. The standard InChI is InChI=1S/2C4H6F4/c1-2-4(7,8)3(5)6;5-3-1-2-4(6,7)8/h3H,2H2,1H3;1-3H2. The van der Waals surface area contributed by atoms with Crippen molar-refractivity contribution in [3.63, 3.8) is 0 Å². The molecule has 0 atom stereocenters. The Bertz CT molecular complexity index is 162. The van der Waals surface area contributed by atoms with Gasteiger partial charge in [0.05, 0.1) is 6.67 Å². The van der Waals surface area contributed by atoms with Gasteiger partial charge in [-0.25, -0.2) is 17.6 Å². The molecule has 0 fully saturated rings. The zero-order valence-electron chi connectivity index (χ0n) is 8.43. The van der Waals surface area contributed by atoms with E-state index < -0.39 is 44.5 Å². The molecule has 0 saturated carbocycles. The van der Waals surface area contributed by atoms with Crippen molar-refractivity contribution >= 4 is 0 Å². The summed E-state index contributed by atoms with van der Waals surface area (Å²) in [5.74, 6) is -3.79. The van der Waals surface area contributed by atoms with Crippen LogP contribution in [-0.2, 0) is 0 Å². The molecule has 0 rings (SSSR count). The first kappa shape index (κ1) is 17.8. The first-order chi connectivity index (χ1) is 7.06. The number of alkyl halides is 8. The second-order valence-electron chi connectivity index (χ2n) is 2.82. The predicted molar refractivity (Wildman–Crippen MR) is 42.5 cm³/mol. The highest BCUT2D eigenvalue weighted by molar-refractivity contribution is 4.64. The molecular weight excluding hydrogens is 248 g/mol. The van der Waals surface area contributed by atoms with Crippen molar-refractivity contribution in [2.24, 2.45) is 0 Å². The average molecular weight is 260 g/mol. The summed E-state index contributed by atoms with van der Waals surface area (Å²) in [6.07, 6.45) is -9.93. The lowest BCUT2D eigenvalue weighted by atomic mass is 10.3. The third kappa shape index (κ3) is 11.5. The van der Waals surface area contributed by atoms with Gasteiger partial charge < -0.3 is 0 Å². The van der Waals surface area contributed by atoms with Gasteiger partial charge in [0.25, 0.3) is 0 Å². The van der Waals surface area contributed by atoms with Gasteiger partial charge in [-0.15, -0.1) is 0 Å². The summed E-state index contributed by atoms with van der Waals surface area (Å²) in [5.41, 5.74) is 0. The van der Waals surface area contributed by atoms with Gasteiger partial charge in [-0.05, 0) is 6.42 Å². The molecule has 0 bridgehead atoms. The summed E-state index contributed by atoms with van der Waals surface area (Å²) in [4.78, 5) is 0. The Labute approximate surface area is 87.6 Å². The Kier molecular flexibility index (Phi) is 8.54. The van der Waals surface area contributed by atoms with Gasteiger partial charge in [-0.3, -0.25) is 4.39 Å². The fourth-order valence-corrected chi connectivity index (χ4v) is 0.422. The lowest BCUT2D eigenvalue weighted by Crippen LogP contribution is -2.24. The molecule has 0 amide bonds. The number of hydrogen-bond acceptors (Lipinski definition) is 0. The Balaban J connectivity index is 0. The Morgan fingerprint density at radius 2 is 1.44 bits per heavy atom. The first-order valence-corrected chi connectivity index (χ1v) is 4.35. The third-order valence-electron chi connectivity index (χ3n) is 1.38. The summed E-state index contributed by atoms with van der Waals surface area (Å²) in [6.45, 7) is 0.131. The van der Waals surface area contributed by atoms with Crippen molar-refractivity contribution in [1.82, 2.24) is 0 Å². The summed E-state index contributed by atoms with van der Waals surface area (Å²) < 4.78 is 89.4. The molecule has 0 heterocycles. The highest BCUT2D eigenvalue weighted by Gasteiger charge is 2.37. The van der Waals surface area contributed by atoms with E-state index >= 15 is 0 Å². The quantitative estimate of drug-likeness (QED) is 0.648. The maximum atomic E-state index is 11.5. The second kappa shape index (κ2) is 7.67.